The molecule has 2 N–H and O–H groups in total. The first-order valence-electron chi connectivity index (χ1n) is 5.21. The number of hydrogen-bond donors (Lipinski definition) is 2. The average molecular weight is 209 g/mol. The third kappa shape index (κ3) is 2.79. The van der Waals surface area contributed by atoms with Gasteiger partial charge in [-0.2, -0.15) is 0 Å². The Hall–Kier alpha value is -1.36. The molecule has 0 aromatic carbocycles. The molecule has 2 rings (SSSR count). The van der Waals surface area contributed by atoms with Gasteiger partial charge in [-0.3, -0.25) is 4.79 Å². The van der Waals surface area contributed by atoms with E-state index in [1.165, 1.54) is 6.20 Å². The van der Waals surface area contributed by atoms with Gasteiger partial charge in [-0.15, -0.1) is 0 Å². The van der Waals surface area contributed by atoms with Crippen LogP contribution in [0.15, 0.2) is 17.2 Å². The lowest BCUT2D eigenvalue weighted by atomic mass is 10.0. The van der Waals surface area contributed by atoms with E-state index >= 15 is 0 Å². The van der Waals surface area contributed by atoms with Crippen LogP contribution in [0.4, 0.5) is 5.82 Å². The smallest absolute Gasteiger partial charge is 0.290 e. The summed E-state index contributed by atoms with van der Waals surface area (Å²) in [6.07, 6.45) is 5.35. The second-order valence-corrected chi connectivity index (χ2v) is 3.73. The highest BCUT2D eigenvalue weighted by Gasteiger charge is 2.13. The molecule has 1 aromatic heterocycles. The fraction of sp³-hybridized carbons (Fsp3) is 0.600. The fourth-order valence-electron chi connectivity index (χ4n) is 1.69. The Morgan fingerprint density at radius 1 is 1.67 bits per heavy atom. The zero-order valence-corrected chi connectivity index (χ0v) is 8.53. The van der Waals surface area contributed by atoms with Crippen molar-refractivity contribution in [3.05, 3.63) is 22.7 Å². The molecule has 0 saturated carbocycles. The van der Waals surface area contributed by atoms with Gasteiger partial charge in [-0.25, -0.2) is 4.98 Å². The van der Waals surface area contributed by atoms with E-state index in [1.807, 2.05) is 0 Å². The van der Waals surface area contributed by atoms with Gasteiger partial charge in [-0.05, 0) is 18.8 Å². The van der Waals surface area contributed by atoms with Crippen LogP contribution in [0.25, 0.3) is 0 Å². The molecule has 1 fully saturated rings. The molecule has 0 bridgehead atoms. The van der Waals surface area contributed by atoms with E-state index in [-0.39, 0.29) is 5.56 Å². The normalized spacial score (nSPS) is 21.2. The molecule has 1 aliphatic rings. The van der Waals surface area contributed by atoms with Crippen molar-refractivity contribution in [1.29, 1.82) is 0 Å². The van der Waals surface area contributed by atoms with Gasteiger partial charge >= 0.3 is 0 Å². The maximum Gasteiger partial charge on any atom is 0.290 e. The predicted octanol–water partition coefficient (Wildman–Crippen LogP) is 0.608. The van der Waals surface area contributed by atoms with Crippen molar-refractivity contribution >= 4 is 5.82 Å². The van der Waals surface area contributed by atoms with E-state index in [9.17, 15) is 4.79 Å². The standard InChI is InChI=1S/C10H15N3O2/c14-10-9(11-3-4-12-10)13-6-8-2-1-5-15-7-8/h3-4,8H,1-2,5-7H2,(H,11,13)(H,12,14). The summed E-state index contributed by atoms with van der Waals surface area (Å²) in [7, 11) is 0. The lowest BCUT2D eigenvalue weighted by Gasteiger charge is -2.22. The quantitative estimate of drug-likeness (QED) is 0.765. The zero-order valence-electron chi connectivity index (χ0n) is 8.53. The number of ether oxygens (including phenoxy) is 1. The summed E-state index contributed by atoms with van der Waals surface area (Å²) in [6.45, 7) is 2.39. The summed E-state index contributed by atoms with van der Waals surface area (Å²) in [4.78, 5) is 17.8. The molecule has 0 spiro atoms. The summed E-state index contributed by atoms with van der Waals surface area (Å²) in [5, 5.41) is 3.05. The predicted molar refractivity (Wildman–Crippen MR) is 56.9 cm³/mol. The lowest BCUT2D eigenvalue weighted by molar-refractivity contribution is 0.0594. The first-order valence-corrected chi connectivity index (χ1v) is 5.21. The van der Waals surface area contributed by atoms with Gasteiger partial charge in [0.1, 0.15) is 0 Å². The van der Waals surface area contributed by atoms with Crippen LogP contribution in [-0.2, 0) is 4.74 Å². The highest BCUT2D eigenvalue weighted by atomic mass is 16.5. The molecular weight excluding hydrogens is 194 g/mol. The van der Waals surface area contributed by atoms with Crippen molar-refractivity contribution in [2.24, 2.45) is 5.92 Å². The molecule has 5 nitrogen and oxygen atoms in total. The monoisotopic (exact) mass is 209 g/mol. The van der Waals surface area contributed by atoms with E-state index in [0.29, 0.717) is 11.7 Å². The number of hydrogen-bond acceptors (Lipinski definition) is 4. The fourth-order valence-corrected chi connectivity index (χ4v) is 1.69. The molecule has 2 heterocycles. The largest absolute Gasteiger partial charge is 0.381 e. The molecule has 5 heteroatoms. The molecule has 0 radical (unpaired) electrons. The molecule has 1 atom stereocenters. The number of nitrogens with zero attached hydrogens (tertiary/aromatic N) is 1. The minimum Gasteiger partial charge on any atom is -0.381 e. The van der Waals surface area contributed by atoms with Crippen LogP contribution in [0.3, 0.4) is 0 Å². The molecule has 82 valence electrons. The van der Waals surface area contributed by atoms with Gasteiger partial charge in [0.05, 0.1) is 6.61 Å². The molecular formula is C10H15N3O2. The molecule has 0 amide bonds. The summed E-state index contributed by atoms with van der Waals surface area (Å²) in [5.41, 5.74) is -0.172. The van der Waals surface area contributed by atoms with Gasteiger partial charge in [0, 0.05) is 25.5 Å². The van der Waals surface area contributed by atoms with Crippen molar-refractivity contribution in [3.63, 3.8) is 0 Å². The Morgan fingerprint density at radius 3 is 3.33 bits per heavy atom. The number of H-pyrrole nitrogens is 1. The van der Waals surface area contributed by atoms with E-state index in [4.69, 9.17) is 4.74 Å². The van der Waals surface area contributed by atoms with E-state index in [0.717, 1.165) is 32.6 Å². The summed E-state index contributed by atoms with van der Waals surface area (Å²) < 4.78 is 5.35. The van der Waals surface area contributed by atoms with Gasteiger partial charge in [0.2, 0.25) is 0 Å². The number of anilines is 1. The van der Waals surface area contributed by atoms with Crippen molar-refractivity contribution in [1.82, 2.24) is 9.97 Å². The zero-order chi connectivity index (χ0) is 10.5. The topological polar surface area (TPSA) is 67.0 Å². The van der Waals surface area contributed by atoms with E-state index in [2.05, 4.69) is 15.3 Å². The second kappa shape index (κ2) is 4.93. The highest BCUT2D eigenvalue weighted by Crippen LogP contribution is 2.13. The highest BCUT2D eigenvalue weighted by molar-refractivity contribution is 5.29. The molecule has 15 heavy (non-hydrogen) atoms. The third-order valence-electron chi connectivity index (χ3n) is 2.52. The van der Waals surface area contributed by atoms with Gasteiger partial charge in [-0.1, -0.05) is 0 Å². The summed E-state index contributed by atoms with van der Waals surface area (Å²) >= 11 is 0. The van der Waals surface area contributed by atoms with Gasteiger partial charge in [0.15, 0.2) is 5.82 Å². The Kier molecular flexibility index (Phi) is 3.34. The van der Waals surface area contributed by atoms with E-state index < -0.39 is 0 Å². The van der Waals surface area contributed by atoms with Crippen LogP contribution in [0.2, 0.25) is 0 Å². The van der Waals surface area contributed by atoms with Crippen LogP contribution in [0.5, 0.6) is 0 Å². The Morgan fingerprint density at radius 2 is 2.60 bits per heavy atom. The minimum absolute atomic E-state index is 0.172. The molecule has 1 aliphatic heterocycles. The number of aromatic nitrogens is 2. The van der Waals surface area contributed by atoms with Crippen molar-refractivity contribution in [2.75, 3.05) is 25.1 Å². The first-order chi connectivity index (χ1) is 7.36. The maximum absolute atomic E-state index is 11.3. The first kappa shape index (κ1) is 10.2. The van der Waals surface area contributed by atoms with Crippen molar-refractivity contribution in [3.8, 4) is 0 Å². The molecule has 1 unspecified atom stereocenters. The SMILES string of the molecule is O=c1[nH]ccnc1NCC1CCCOC1. The summed E-state index contributed by atoms with van der Waals surface area (Å²) in [6, 6.07) is 0. The number of rotatable bonds is 3. The Bertz CT molecular complexity index is 358. The van der Waals surface area contributed by atoms with Gasteiger partial charge in [0.25, 0.3) is 5.56 Å². The third-order valence-corrected chi connectivity index (χ3v) is 2.52. The van der Waals surface area contributed by atoms with Crippen molar-refractivity contribution < 1.29 is 4.74 Å². The Labute approximate surface area is 87.9 Å². The van der Waals surface area contributed by atoms with Crippen LogP contribution < -0.4 is 10.9 Å². The molecule has 1 saturated heterocycles. The minimum atomic E-state index is -0.172. The van der Waals surface area contributed by atoms with Crippen LogP contribution >= 0.6 is 0 Å². The number of aromatic amines is 1. The summed E-state index contributed by atoms with van der Waals surface area (Å²) in [5.74, 6) is 0.878. The van der Waals surface area contributed by atoms with Gasteiger partial charge < -0.3 is 15.0 Å². The average Bonchev–Trinajstić information content (AvgIpc) is 2.29. The van der Waals surface area contributed by atoms with Crippen molar-refractivity contribution in [2.45, 2.75) is 12.8 Å². The lowest BCUT2D eigenvalue weighted by Crippen LogP contribution is -2.26. The molecule has 0 aliphatic carbocycles. The van der Waals surface area contributed by atoms with Crippen LogP contribution in [0, 0.1) is 5.92 Å². The van der Waals surface area contributed by atoms with Crippen LogP contribution in [-0.4, -0.2) is 29.7 Å². The maximum atomic E-state index is 11.3. The Balaban J connectivity index is 1.87. The van der Waals surface area contributed by atoms with Crippen LogP contribution in [0.1, 0.15) is 12.8 Å². The van der Waals surface area contributed by atoms with E-state index in [1.54, 1.807) is 6.20 Å². The molecule has 1 aromatic rings. The number of nitrogens with one attached hydrogen (secondary N) is 2. The second-order valence-electron chi connectivity index (χ2n) is 3.73.